The molecule has 5 nitrogen and oxygen atoms in total. The lowest BCUT2D eigenvalue weighted by molar-refractivity contribution is 0.102. The average molecular weight is 372 g/mol. The van der Waals surface area contributed by atoms with Gasteiger partial charge in [-0.05, 0) is 41.8 Å². The van der Waals surface area contributed by atoms with E-state index in [1.807, 2.05) is 30.3 Å². The van der Waals surface area contributed by atoms with Crippen molar-refractivity contribution in [2.45, 2.75) is 13.0 Å². The second-order valence-electron chi connectivity index (χ2n) is 5.62. The molecule has 2 N–H and O–H groups in total. The number of hydrogen-bond donors (Lipinski definition) is 2. The number of pyridine rings is 2. The molecule has 1 amide bonds. The zero-order chi connectivity index (χ0) is 18.5. The summed E-state index contributed by atoms with van der Waals surface area (Å²) in [7, 11) is 0. The minimum atomic E-state index is -0.732. The largest absolute Gasteiger partial charge is 0.390 e. The van der Waals surface area contributed by atoms with Crippen LogP contribution in [0.5, 0.6) is 0 Å². The van der Waals surface area contributed by atoms with Crippen molar-refractivity contribution in [3.63, 3.8) is 0 Å². The third kappa shape index (κ3) is 4.41. The van der Waals surface area contributed by atoms with Gasteiger partial charge in [0.25, 0.3) is 5.91 Å². The molecular formula is C19H15ClFN3O2. The highest BCUT2D eigenvalue weighted by molar-refractivity contribution is 6.30. The summed E-state index contributed by atoms with van der Waals surface area (Å²) in [6.45, 7) is -0.524. The van der Waals surface area contributed by atoms with Crippen molar-refractivity contribution in [3.8, 4) is 0 Å². The number of amides is 1. The van der Waals surface area contributed by atoms with Gasteiger partial charge in [0.05, 0.1) is 12.2 Å². The molecule has 3 aromatic rings. The predicted octanol–water partition coefficient (Wildman–Crippen LogP) is 3.60. The number of aliphatic hydroxyl groups excluding tert-OH is 1. The van der Waals surface area contributed by atoms with E-state index in [0.29, 0.717) is 17.3 Å². The Morgan fingerprint density at radius 1 is 1.12 bits per heavy atom. The maximum absolute atomic E-state index is 13.6. The molecule has 2 heterocycles. The summed E-state index contributed by atoms with van der Waals surface area (Å²) in [4.78, 5) is 20.1. The first kappa shape index (κ1) is 18.0. The minimum absolute atomic E-state index is 0.0458. The zero-order valence-electron chi connectivity index (χ0n) is 13.6. The number of benzene rings is 1. The first-order chi connectivity index (χ1) is 12.5. The van der Waals surface area contributed by atoms with E-state index in [-0.39, 0.29) is 11.3 Å². The Hall–Kier alpha value is -2.83. The van der Waals surface area contributed by atoms with Crippen molar-refractivity contribution >= 4 is 23.3 Å². The van der Waals surface area contributed by atoms with Crippen LogP contribution in [-0.4, -0.2) is 21.0 Å². The van der Waals surface area contributed by atoms with E-state index in [2.05, 4.69) is 15.3 Å². The van der Waals surface area contributed by atoms with Crippen LogP contribution < -0.4 is 5.32 Å². The molecule has 0 fully saturated rings. The average Bonchev–Trinajstić information content (AvgIpc) is 2.63. The topological polar surface area (TPSA) is 75.1 Å². The molecule has 132 valence electrons. The third-order valence-electron chi connectivity index (χ3n) is 3.69. The van der Waals surface area contributed by atoms with Gasteiger partial charge in [-0.15, -0.1) is 0 Å². The van der Waals surface area contributed by atoms with Crippen LogP contribution in [0.3, 0.4) is 0 Å². The lowest BCUT2D eigenvalue weighted by Gasteiger charge is -2.07. The highest BCUT2D eigenvalue weighted by Gasteiger charge is 2.11. The Labute approximate surface area is 154 Å². The van der Waals surface area contributed by atoms with Crippen molar-refractivity contribution in [2.24, 2.45) is 0 Å². The molecule has 0 atom stereocenters. The standard InChI is InChI=1S/C19H15ClFN3O2/c20-15-3-1-2-12(7-15)6-13-4-5-18(23-9-13)24-19(26)14-8-16(21)17(11-25)22-10-14/h1-5,7-10,25H,6,11H2,(H,23,24,26). The highest BCUT2D eigenvalue weighted by atomic mass is 35.5. The lowest BCUT2D eigenvalue weighted by Crippen LogP contribution is -2.14. The maximum Gasteiger partial charge on any atom is 0.258 e. The summed E-state index contributed by atoms with van der Waals surface area (Å²) in [5.74, 6) is -0.919. The molecule has 0 aliphatic rings. The SMILES string of the molecule is O=C(Nc1ccc(Cc2cccc(Cl)c2)cn1)c1cnc(CO)c(F)c1. The summed E-state index contributed by atoms with van der Waals surface area (Å²) in [6, 6.07) is 12.1. The molecule has 1 aromatic carbocycles. The van der Waals surface area contributed by atoms with Gasteiger partial charge in [-0.2, -0.15) is 0 Å². The summed E-state index contributed by atoms with van der Waals surface area (Å²) in [6.07, 6.45) is 3.53. The number of aromatic nitrogens is 2. The zero-order valence-corrected chi connectivity index (χ0v) is 14.4. The molecule has 0 bridgehead atoms. The van der Waals surface area contributed by atoms with Crippen LogP contribution in [0.2, 0.25) is 5.02 Å². The fraction of sp³-hybridized carbons (Fsp3) is 0.105. The van der Waals surface area contributed by atoms with Crippen molar-refractivity contribution in [3.05, 3.63) is 88.1 Å². The number of carbonyl (C=O) groups excluding carboxylic acids is 1. The first-order valence-electron chi connectivity index (χ1n) is 7.81. The van der Waals surface area contributed by atoms with E-state index in [1.165, 1.54) is 6.20 Å². The number of nitrogens with one attached hydrogen (secondary N) is 1. The molecule has 0 radical (unpaired) electrons. The molecule has 0 aliphatic carbocycles. The van der Waals surface area contributed by atoms with Gasteiger partial charge in [-0.3, -0.25) is 9.78 Å². The van der Waals surface area contributed by atoms with Crippen LogP contribution in [0.25, 0.3) is 0 Å². The van der Waals surface area contributed by atoms with E-state index >= 15 is 0 Å². The molecule has 0 saturated carbocycles. The Balaban J connectivity index is 1.67. The smallest absolute Gasteiger partial charge is 0.258 e. The van der Waals surface area contributed by atoms with Crippen molar-refractivity contribution < 1.29 is 14.3 Å². The second-order valence-corrected chi connectivity index (χ2v) is 6.06. The van der Waals surface area contributed by atoms with E-state index in [9.17, 15) is 9.18 Å². The van der Waals surface area contributed by atoms with E-state index in [4.69, 9.17) is 16.7 Å². The van der Waals surface area contributed by atoms with Crippen LogP contribution in [0, 0.1) is 5.82 Å². The van der Waals surface area contributed by atoms with Crippen LogP contribution >= 0.6 is 11.6 Å². The van der Waals surface area contributed by atoms with Gasteiger partial charge in [0, 0.05) is 17.4 Å². The number of aliphatic hydroxyl groups is 1. The van der Waals surface area contributed by atoms with Crippen molar-refractivity contribution in [1.29, 1.82) is 0 Å². The van der Waals surface area contributed by atoms with Gasteiger partial charge < -0.3 is 10.4 Å². The first-order valence-corrected chi connectivity index (χ1v) is 8.19. The molecule has 7 heteroatoms. The van der Waals surface area contributed by atoms with E-state index in [1.54, 1.807) is 12.3 Å². The number of rotatable bonds is 5. The summed E-state index contributed by atoms with van der Waals surface area (Å²) in [5.41, 5.74) is 1.96. The van der Waals surface area contributed by atoms with Crippen LogP contribution in [0.4, 0.5) is 10.2 Å². The van der Waals surface area contributed by atoms with Gasteiger partial charge in [0.15, 0.2) is 0 Å². The molecule has 0 unspecified atom stereocenters. The summed E-state index contributed by atoms with van der Waals surface area (Å²) in [5, 5.41) is 12.2. The number of hydrogen-bond acceptors (Lipinski definition) is 4. The van der Waals surface area contributed by atoms with Crippen LogP contribution in [0.15, 0.2) is 54.9 Å². The summed E-state index contributed by atoms with van der Waals surface area (Å²) >= 11 is 5.97. The second kappa shape index (κ2) is 8.03. The summed E-state index contributed by atoms with van der Waals surface area (Å²) < 4.78 is 13.6. The fourth-order valence-corrected chi connectivity index (χ4v) is 2.59. The minimum Gasteiger partial charge on any atom is -0.390 e. The molecule has 0 saturated heterocycles. The van der Waals surface area contributed by atoms with Gasteiger partial charge in [0.1, 0.15) is 17.3 Å². The van der Waals surface area contributed by atoms with E-state index in [0.717, 1.165) is 17.2 Å². The molecule has 26 heavy (non-hydrogen) atoms. The normalized spacial score (nSPS) is 10.6. The van der Waals surface area contributed by atoms with Crippen LogP contribution in [-0.2, 0) is 13.0 Å². The Kier molecular flexibility index (Phi) is 5.55. The van der Waals surface area contributed by atoms with E-state index < -0.39 is 18.3 Å². The van der Waals surface area contributed by atoms with Crippen molar-refractivity contribution in [1.82, 2.24) is 9.97 Å². The molecule has 0 aliphatic heterocycles. The Morgan fingerprint density at radius 2 is 1.96 bits per heavy atom. The van der Waals surface area contributed by atoms with Gasteiger partial charge in [-0.25, -0.2) is 9.37 Å². The molecule has 3 rings (SSSR count). The lowest BCUT2D eigenvalue weighted by atomic mass is 10.1. The predicted molar refractivity (Wildman–Crippen MR) is 96.6 cm³/mol. The van der Waals surface area contributed by atoms with Crippen molar-refractivity contribution in [2.75, 3.05) is 5.32 Å². The quantitative estimate of drug-likeness (QED) is 0.718. The molecule has 0 spiro atoms. The molecule has 2 aromatic heterocycles. The molecular weight excluding hydrogens is 357 g/mol. The number of anilines is 1. The highest BCUT2D eigenvalue weighted by Crippen LogP contribution is 2.16. The number of nitrogens with zero attached hydrogens (tertiary/aromatic N) is 2. The third-order valence-corrected chi connectivity index (χ3v) is 3.93. The van der Waals surface area contributed by atoms with Gasteiger partial charge in [0.2, 0.25) is 0 Å². The van der Waals surface area contributed by atoms with Crippen LogP contribution in [0.1, 0.15) is 27.2 Å². The number of halogens is 2. The number of carbonyl (C=O) groups is 1. The fourth-order valence-electron chi connectivity index (χ4n) is 2.38. The Bertz CT molecular complexity index is 932. The Morgan fingerprint density at radius 3 is 2.62 bits per heavy atom. The van der Waals surface area contributed by atoms with Gasteiger partial charge in [-0.1, -0.05) is 29.8 Å². The maximum atomic E-state index is 13.6. The monoisotopic (exact) mass is 371 g/mol. The van der Waals surface area contributed by atoms with Gasteiger partial charge >= 0.3 is 0 Å².